The van der Waals surface area contributed by atoms with Crippen molar-refractivity contribution in [1.82, 2.24) is 25.7 Å². The molecule has 1 atom stereocenters. The number of hydrogen-bond donors (Lipinski definition) is 3. The standard InChI is InChI=1S/C24H30N6O3/c31-22(26-13-19-7-8-24(16-33-19)9-11-25-12-10-24)20-5-6-21(29-28-20)27-23(32)30-14-17-3-1-2-4-18(17)15-30/h1-6,19,25H,7-16H2,(H,26,31)(H,27,29,32). The number of anilines is 1. The van der Waals surface area contributed by atoms with Crippen LogP contribution in [-0.4, -0.2) is 59.4 Å². The molecule has 0 bridgehead atoms. The summed E-state index contributed by atoms with van der Waals surface area (Å²) in [5.74, 6) is 0.0245. The molecule has 0 radical (unpaired) electrons. The van der Waals surface area contributed by atoms with Gasteiger partial charge in [-0.2, -0.15) is 0 Å². The lowest BCUT2D eigenvalue weighted by molar-refractivity contribution is -0.0721. The van der Waals surface area contributed by atoms with Crippen molar-refractivity contribution in [2.45, 2.75) is 44.9 Å². The van der Waals surface area contributed by atoms with Gasteiger partial charge < -0.3 is 20.3 Å². The molecular formula is C24H30N6O3. The third-order valence-corrected chi connectivity index (χ3v) is 7.04. The van der Waals surface area contributed by atoms with Crippen molar-refractivity contribution in [3.8, 4) is 0 Å². The fourth-order valence-electron chi connectivity index (χ4n) is 4.91. The fraction of sp³-hybridized carbons (Fsp3) is 0.500. The van der Waals surface area contributed by atoms with E-state index in [1.807, 2.05) is 24.3 Å². The number of ether oxygens (including phenoxy) is 1. The number of piperidine rings is 1. The Hall–Kier alpha value is -3.04. The third-order valence-electron chi connectivity index (χ3n) is 7.04. The lowest BCUT2D eigenvalue weighted by Gasteiger charge is -2.43. The summed E-state index contributed by atoms with van der Waals surface area (Å²) in [4.78, 5) is 26.7. The Labute approximate surface area is 193 Å². The van der Waals surface area contributed by atoms with Gasteiger partial charge in [0.15, 0.2) is 11.5 Å². The molecular weight excluding hydrogens is 420 g/mol. The van der Waals surface area contributed by atoms with Crippen LogP contribution in [0.2, 0.25) is 0 Å². The second-order valence-electron chi connectivity index (χ2n) is 9.29. The van der Waals surface area contributed by atoms with Crippen LogP contribution in [0.3, 0.4) is 0 Å². The molecule has 1 unspecified atom stereocenters. The molecule has 9 heteroatoms. The van der Waals surface area contributed by atoms with Gasteiger partial charge in [0, 0.05) is 19.6 Å². The van der Waals surface area contributed by atoms with Crippen molar-refractivity contribution >= 4 is 17.8 Å². The number of benzene rings is 1. The van der Waals surface area contributed by atoms with Crippen LogP contribution in [0.1, 0.15) is 47.3 Å². The highest BCUT2D eigenvalue weighted by atomic mass is 16.5. The van der Waals surface area contributed by atoms with Crippen LogP contribution in [0, 0.1) is 5.41 Å². The maximum Gasteiger partial charge on any atom is 0.323 e. The van der Waals surface area contributed by atoms with Crippen LogP contribution in [-0.2, 0) is 17.8 Å². The van der Waals surface area contributed by atoms with Crippen molar-refractivity contribution in [2.24, 2.45) is 5.41 Å². The Morgan fingerprint density at radius 2 is 1.82 bits per heavy atom. The minimum absolute atomic E-state index is 0.0329. The molecule has 3 amide bonds. The SMILES string of the molecule is O=C(NCC1CCC2(CCNCC2)CO1)c1ccc(NC(=O)N2Cc3ccccc3C2)nn1. The molecule has 1 spiro atoms. The number of nitrogens with zero attached hydrogens (tertiary/aromatic N) is 3. The van der Waals surface area contributed by atoms with Gasteiger partial charge >= 0.3 is 6.03 Å². The van der Waals surface area contributed by atoms with Gasteiger partial charge in [-0.15, -0.1) is 10.2 Å². The van der Waals surface area contributed by atoms with Gasteiger partial charge in [-0.25, -0.2) is 4.79 Å². The first-order valence-electron chi connectivity index (χ1n) is 11.7. The first kappa shape index (κ1) is 21.8. The number of fused-ring (bicyclic) bond motifs is 1. The largest absolute Gasteiger partial charge is 0.376 e. The average Bonchev–Trinajstić information content (AvgIpc) is 3.29. The highest BCUT2D eigenvalue weighted by Crippen LogP contribution is 2.38. The summed E-state index contributed by atoms with van der Waals surface area (Å²) in [7, 11) is 0. The molecule has 2 saturated heterocycles. The summed E-state index contributed by atoms with van der Waals surface area (Å²) in [6, 6.07) is 10.9. The van der Waals surface area contributed by atoms with E-state index in [1.165, 1.54) is 0 Å². The van der Waals surface area contributed by atoms with Gasteiger partial charge in [0.05, 0.1) is 12.7 Å². The number of carbonyl (C=O) groups excluding carboxylic acids is 2. The van der Waals surface area contributed by atoms with Crippen molar-refractivity contribution < 1.29 is 14.3 Å². The summed E-state index contributed by atoms with van der Waals surface area (Å²) in [6.45, 7) is 4.49. The molecule has 9 nitrogen and oxygen atoms in total. The van der Waals surface area contributed by atoms with E-state index in [0.717, 1.165) is 56.5 Å². The Morgan fingerprint density at radius 3 is 2.45 bits per heavy atom. The van der Waals surface area contributed by atoms with E-state index in [1.54, 1.807) is 17.0 Å². The van der Waals surface area contributed by atoms with Crippen LogP contribution in [0.15, 0.2) is 36.4 Å². The topological polar surface area (TPSA) is 108 Å². The van der Waals surface area contributed by atoms with Crippen molar-refractivity contribution in [3.63, 3.8) is 0 Å². The van der Waals surface area contributed by atoms with Crippen molar-refractivity contribution in [2.75, 3.05) is 31.6 Å². The molecule has 2 aromatic rings. The van der Waals surface area contributed by atoms with Crippen LogP contribution < -0.4 is 16.0 Å². The van der Waals surface area contributed by atoms with E-state index in [9.17, 15) is 9.59 Å². The molecule has 0 aliphatic carbocycles. The van der Waals surface area contributed by atoms with Crippen molar-refractivity contribution in [1.29, 1.82) is 0 Å². The summed E-state index contributed by atoms with van der Waals surface area (Å²) >= 11 is 0. The number of rotatable bonds is 4. The van der Waals surface area contributed by atoms with Gasteiger partial charge in [-0.05, 0) is 67.4 Å². The fourth-order valence-corrected chi connectivity index (χ4v) is 4.91. The molecule has 2 fully saturated rings. The monoisotopic (exact) mass is 450 g/mol. The number of nitrogens with one attached hydrogen (secondary N) is 3. The summed E-state index contributed by atoms with van der Waals surface area (Å²) < 4.78 is 6.06. The zero-order chi connectivity index (χ0) is 22.7. The molecule has 1 aromatic carbocycles. The van der Waals surface area contributed by atoms with E-state index in [4.69, 9.17) is 4.74 Å². The van der Waals surface area contributed by atoms with Gasteiger partial charge in [0.25, 0.3) is 5.91 Å². The maximum absolute atomic E-state index is 12.5. The molecule has 0 saturated carbocycles. The minimum Gasteiger partial charge on any atom is -0.376 e. The van der Waals surface area contributed by atoms with Crippen LogP contribution in [0.5, 0.6) is 0 Å². The van der Waals surface area contributed by atoms with Gasteiger partial charge in [-0.3, -0.25) is 10.1 Å². The lowest BCUT2D eigenvalue weighted by Crippen LogP contribution is -2.46. The van der Waals surface area contributed by atoms with E-state index < -0.39 is 0 Å². The zero-order valence-corrected chi connectivity index (χ0v) is 18.7. The lowest BCUT2D eigenvalue weighted by atomic mass is 9.74. The normalized spacial score (nSPS) is 21.5. The molecule has 3 aliphatic rings. The maximum atomic E-state index is 12.5. The molecule has 4 heterocycles. The van der Waals surface area contributed by atoms with Crippen LogP contribution in [0.4, 0.5) is 10.6 Å². The Bertz CT molecular complexity index is 971. The Kier molecular flexibility index (Phi) is 6.24. The first-order chi connectivity index (χ1) is 16.1. The minimum atomic E-state index is -0.291. The van der Waals surface area contributed by atoms with Crippen LogP contribution >= 0.6 is 0 Å². The number of aromatic nitrogens is 2. The molecule has 174 valence electrons. The smallest absolute Gasteiger partial charge is 0.323 e. The highest BCUT2D eigenvalue weighted by Gasteiger charge is 2.37. The number of carbonyl (C=O) groups is 2. The Morgan fingerprint density at radius 1 is 1.06 bits per heavy atom. The second-order valence-corrected chi connectivity index (χ2v) is 9.29. The van der Waals surface area contributed by atoms with Gasteiger partial charge in [-0.1, -0.05) is 24.3 Å². The average molecular weight is 451 g/mol. The van der Waals surface area contributed by atoms with Crippen LogP contribution in [0.25, 0.3) is 0 Å². The van der Waals surface area contributed by atoms with Gasteiger partial charge in [0.1, 0.15) is 0 Å². The number of urea groups is 1. The molecule has 3 aliphatic heterocycles. The third kappa shape index (κ3) is 4.99. The number of amides is 3. The summed E-state index contributed by atoms with van der Waals surface area (Å²) in [6.07, 6.45) is 4.46. The van der Waals surface area contributed by atoms with Gasteiger partial charge in [0.2, 0.25) is 0 Å². The highest BCUT2D eigenvalue weighted by molar-refractivity contribution is 5.93. The van der Waals surface area contributed by atoms with Crippen molar-refractivity contribution in [3.05, 3.63) is 53.2 Å². The molecule has 3 N–H and O–H groups in total. The molecule has 5 rings (SSSR count). The molecule has 33 heavy (non-hydrogen) atoms. The predicted octanol–water partition coefficient (Wildman–Crippen LogP) is 2.30. The first-order valence-corrected chi connectivity index (χ1v) is 11.7. The van der Waals surface area contributed by atoms with E-state index in [0.29, 0.717) is 30.9 Å². The quantitative estimate of drug-likeness (QED) is 0.660. The van der Waals surface area contributed by atoms with E-state index in [-0.39, 0.29) is 23.7 Å². The number of hydrogen-bond acceptors (Lipinski definition) is 6. The zero-order valence-electron chi connectivity index (χ0n) is 18.7. The predicted molar refractivity (Wildman–Crippen MR) is 123 cm³/mol. The van der Waals surface area contributed by atoms with E-state index in [2.05, 4.69) is 26.1 Å². The molecule has 1 aromatic heterocycles. The summed E-state index contributed by atoms with van der Waals surface area (Å²) in [5.41, 5.74) is 2.83. The summed E-state index contributed by atoms with van der Waals surface area (Å²) in [5, 5.41) is 17.1. The Balaban J connectivity index is 1.07. The second kappa shape index (κ2) is 9.44. The van der Waals surface area contributed by atoms with E-state index >= 15 is 0 Å².